The molecule has 0 heterocycles. The van der Waals surface area contributed by atoms with Gasteiger partial charge in [-0.05, 0) is 34.8 Å². The molecular weight excluding hydrogens is 316 g/mol. The number of ether oxygens (including phenoxy) is 1. The molecular formula is C21H32O4. The Balaban J connectivity index is 2.43. The van der Waals surface area contributed by atoms with Crippen molar-refractivity contribution < 1.29 is 19.7 Å². The van der Waals surface area contributed by atoms with Crippen molar-refractivity contribution in [3.8, 4) is 5.75 Å². The first-order valence-corrected chi connectivity index (χ1v) is 9.31. The predicted octanol–water partition coefficient (Wildman–Crippen LogP) is 3.99. The van der Waals surface area contributed by atoms with E-state index in [1.807, 2.05) is 12.1 Å². The largest absolute Gasteiger partial charge is 0.507 e. The van der Waals surface area contributed by atoms with E-state index in [4.69, 9.17) is 9.84 Å². The van der Waals surface area contributed by atoms with E-state index in [1.165, 1.54) is 19.3 Å². The number of esters is 1. The van der Waals surface area contributed by atoms with Gasteiger partial charge in [-0.15, -0.1) is 0 Å². The summed E-state index contributed by atoms with van der Waals surface area (Å²) in [6.45, 7) is 8.29. The van der Waals surface area contributed by atoms with Crippen LogP contribution in [-0.2, 0) is 26.8 Å². The Morgan fingerprint density at radius 3 is 2.40 bits per heavy atom. The number of hydrogen-bond acceptors (Lipinski definition) is 4. The topological polar surface area (TPSA) is 66.8 Å². The van der Waals surface area contributed by atoms with Gasteiger partial charge >= 0.3 is 5.97 Å². The molecule has 1 saturated carbocycles. The summed E-state index contributed by atoms with van der Waals surface area (Å²) in [6.07, 6.45) is 5.86. The Labute approximate surface area is 151 Å². The second kappa shape index (κ2) is 7.77. The van der Waals surface area contributed by atoms with E-state index in [-0.39, 0.29) is 36.4 Å². The monoisotopic (exact) mass is 348 g/mol. The highest BCUT2D eigenvalue weighted by Gasteiger charge is 2.34. The van der Waals surface area contributed by atoms with Crippen LogP contribution in [0.2, 0.25) is 0 Å². The van der Waals surface area contributed by atoms with E-state index in [0.29, 0.717) is 5.75 Å². The third-order valence-corrected chi connectivity index (χ3v) is 5.29. The van der Waals surface area contributed by atoms with Crippen molar-refractivity contribution in [1.82, 2.24) is 0 Å². The normalized spacial score (nSPS) is 17.3. The summed E-state index contributed by atoms with van der Waals surface area (Å²) < 4.78 is 5.01. The summed E-state index contributed by atoms with van der Waals surface area (Å²) in [5.74, 6) is 0.0312. The molecule has 0 radical (unpaired) electrons. The number of hydrogen-bond donors (Lipinski definition) is 2. The molecule has 1 aromatic rings. The molecule has 0 unspecified atom stereocenters. The molecule has 0 aromatic heterocycles. The lowest BCUT2D eigenvalue weighted by molar-refractivity contribution is -0.143. The van der Waals surface area contributed by atoms with Gasteiger partial charge in [-0.2, -0.15) is 0 Å². The van der Waals surface area contributed by atoms with Crippen molar-refractivity contribution >= 4 is 5.97 Å². The molecule has 0 spiro atoms. The fraction of sp³-hybridized carbons (Fsp3) is 0.667. The molecule has 0 aliphatic heterocycles. The number of carbonyl (C=O) groups is 1. The van der Waals surface area contributed by atoms with Crippen molar-refractivity contribution in [1.29, 1.82) is 0 Å². The van der Waals surface area contributed by atoms with Crippen LogP contribution < -0.4 is 0 Å². The molecule has 1 fully saturated rings. The lowest BCUT2D eigenvalue weighted by Crippen LogP contribution is -2.27. The van der Waals surface area contributed by atoms with Crippen molar-refractivity contribution in [2.45, 2.75) is 77.0 Å². The number of rotatable bonds is 5. The van der Waals surface area contributed by atoms with Gasteiger partial charge in [0, 0.05) is 5.56 Å². The number of aromatic hydroxyl groups is 1. The Bertz CT molecular complexity index is 607. The second-order valence-corrected chi connectivity index (χ2v) is 8.53. The van der Waals surface area contributed by atoms with E-state index in [1.54, 1.807) is 0 Å². The number of carbonyl (C=O) groups excluding carboxylic acids is 1. The molecule has 4 nitrogen and oxygen atoms in total. The van der Waals surface area contributed by atoms with Gasteiger partial charge in [-0.1, -0.05) is 59.1 Å². The maximum atomic E-state index is 12.0. The first kappa shape index (κ1) is 19.8. The molecule has 4 heteroatoms. The SMILES string of the molecule is CC(C)(C)c1cc(CC(=O)OCCO)cc(C2(C)CCCCC2)c1O. The molecule has 2 rings (SSSR count). The minimum atomic E-state index is -0.348. The van der Waals surface area contributed by atoms with Crippen LogP contribution in [0.15, 0.2) is 12.1 Å². The van der Waals surface area contributed by atoms with Crippen LogP contribution in [0.1, 0.15) is 76.5 Å². The van der Waals surface area contributed by atoms with E-state index in [9.17, 15) is 9.90 Å². The van der Waals surface area contributed by atoms with Gasteiger partial charge in [0.1, 0.15) is 12.4 Å². The molecule has 0 atom stereocenters. The summed E-state index contributed by atoms with van der Waals surface area (Å²) >= 11 is 0. The van der Waals surface area contributed by atoms with E-state index >= 15 is 0 Å². The lowest BCUT2D eigenvalue weighted by atomic mass is 9.69. The zero-order chi connectivity index (χ0) is 18.7. The average molecular weight is 348 g/mol. The van der Waals surface area contributed by atoms with Crippen molar-refractivity contribution in [2.24, 2.45) is 0 Å². The smallest absolute Gasteiger partial charge is 0.310 e. The lowest BCUT2D eigenvalue weighted by Gasteiger charge is -2.36. The molecule has 1 aromatic carbocycles. The second-order valence-electron chi connectivity index (χ2n) is 8.53. The number of aliphatic hydroxyl groups excluding tert-OH is 1. The first-order chi connectivity index (χ1) is 11.7. The highest BCUT2D eigenvalue weighted by Crippen LogP contribution is 2.46. The van der Waals surface area contributed by atoms with Crippen LogP contribution in [0, 0.1) is 0 Å². The maximum absolute atomic E-state index is 12.0. The Morgan fingerprint density at radius 2 is 1.84 bits per heavy atom. The van der Waals surface area contributed by atoms with Crippen molar-refractivity contribution in [3.63, 3.8) is 0 Å². The molecule has 25 heavy (non-hydrogen) atoms. The number of benzene rings is 1. The van der Waals surface area contributed by atoms with Crippen molar-refractivity contribution in [3.05, 3.63) is 28.8 Å². The van der Waals surface area contributed by atoms with E-state index in [2.05, 4.69) is 27.7 Å². The van der Waals surface area contributed by atoms with Gasteiger partial charge in [-0.25, -0.2) is 0 Å². The highest BCUT2D eigenvalue weighted by atomic mass is 16.5. The first-order valence-electron chi connectivity index (χ1n) is 9.31. The number of phenolic OH excluding ortho intramolecular Hbond substituents is 1. The van der Waals surface area contributed by atoms with Crippen LogP contribution in [0.5, 0.6) is 5.75 Å². The number of aliphatic hydroxyl groups is 1. The van der Waals surface area contributed by atoms with Gasteiger partial charge in [0.05, 0.1) is 13.0 Å². The maximum Gasteiger partial charge on any atom is 0.310 e. The summed E-state index contributed by atoms with van der Waals surface area (Å²) in [6, 6.07) is 3.90. The third-order valence-electron chi connectivity index (χ3n) is 5.29. The fourth-order valence-corrected chi connectivity index (χ4v) is 3.81. The Kier molecular flexibility index (Phi) is 6.15. The van der Waals surface area contributed by atoms with Crippen LogP contribution in [0.25, 0.3) is 0 Å². The molecule has 1 aliphatic rings. The van der Waals surface area contributed by atoms with Gasteiger partial charge in [0.2, 0.25) is 0 Å². The fourth-order valence-electron chi connectivity index (χ4n) is 3.81. The van der Waals surface area contributed by atoms with Crippen LogP contribution in [-0.4, -0.2) is 29.4 Å². The molecule has 0 amide bonds. The van der Waals surface area contributed by atoms with E-state index in [0.717, 1.165) is 29.5 Å². The van der Waals surface area contributed by atoms with Crippen LogP contribution in [0.3, 0.4) is 0 Å². The third kappa shape index (κ3) is 4.75. The highest BCUT2D eigenvalue weighted by molar-refractivity contribution is 5.73. The number of phenols is 1. The van der Waals surface area contributed by atoms with Crippen LogP contribution in [0.4, 0.5) is 0 Å². The van der Waals surface area contributed by atoms with Gasteiger partial charge in [0.15, 0.2) is 0 Å². The molecule has 0 saturated heterocycles. The molecule has 2 N–H and O–H groups in total. The average Bonchev–Trinajstić information content (AvgIpc) is 2.54. The summed E-state index contributed by atoms with van der Waals surface area (Å²) in [5, 5.41) is 19.8. The van der Waals surface area contributed by atoms with Gasteiger partial charge in [0.25, 0.3) is 0 Å². The summed E-state index contributed by atoms with van der Waals surface area (Å²) in [7, 11) is 0. The Morgan fingerprint density at radius 1 is 1.20 bits per heavy atom. The minimum Gasteiger partial charge on any atom is -0.507 e. The summed E-state index contributed by atoms with van der Waals surface area (Å²) in [4.78, 5) is 12.0. The van der Waals surface area contributed by atoms with E-state index < -0.39 is 0 Å². The minimum absolute atomic E-state index is 0.0214. The standard InChI is InChI=1S/C21H32O4/c1-20(2,3)16-12-15(14-18(23)25-11-10-22)13-17(19(16)24)21(4)8-6-5-7-9-21/h12-13,22,24H,5-11,14H2,1-4H3. The Hall–Kier alpha value is -1.55. The van der Waals surface area contributed by atoms with Gasteiger partial charge < -0.3 is 14.9 Å². The molecule has 140 valence electrons. The molecule has 1 aliphatic carbocycles. The quantitative estimate of drug-likeness (QED) is 0.790. The summed E-state index contributed by atoms with van der Waals surface area (Å²) in [5.41, 5.74) is 2.45. The van der Waals surface area contributed by atoms with Crippen molar-refractivity contribution in [2.75, 3.05) is 13.2 Å². The van der Waals surface area contributed by atoms with Gasteiger partial charge in [-0.3, -0.25) is 4.79 Å². The van der Waals surface area contributed by atoms with Crippen LogP contribution >= 0.6 is 0 Å². The zero-order valence-corrected chi connectivity index (χ0v) is 16.0. The zero-order valence-electron chi connectivity index (χ0n) is 16.0. The molecule has 0 bridgehead atoms. The predicted molar refractivity (Wildman–Crippen MR) is 99.0 cm³/mol.